The van der Waals surface area contributed by atoms with Gasteiger partial charge in [0.2, 0.25) is 0 Å². The predicted octanol–water partition coefficient (Wildman–Crippen LogP) is 6.94. The van der Waals surface area contributed by atoms with Crippen molar-refractivity contribution < 1.29 is 0 Å². The molecule has 6 rings (SSSR count). The molecule has 1 aromatic carbocycles. The number of aromatic nitrogens is 2. The minimum atomic E-state index is 0.743. The van der Waals surface area contributed by atoms with E-state index in [1.165, 1.54) is 60.5 Å². The maximum absolute atomic E-state index is 4.41. The van der Waals surface area contributed by atoms with Crippen LogP contribution in [-0.2, 0) is 6.42 Å². The molecule has 2 aliphatic rings. The topological polar surface area (TPSA) is 17.3 Å². The number of fused-ring (bicyclic) bond motifs is 2. The minimum absolute atomic E-state index is 0.743. The van der Waals surface area contributed by atoms with Crippen molar-refractivity contribution in [3.8, 4) is 0 Å². The zero-order valence-corrected chi connectivity index (χ0v) is 17.0. The summed E-state index contributed by atoms with van der Waals surface area (Å²) in [4.78, 5) is 4.41. The van der Waals surface area contributed by atoms with Gasteiger partial charge in [0, 0.05) is 10.4 Å². The molecule has 2 aliphatic carbocycles. The molecule has 2 nitrogen and oxygen atoms in total. The highest BCUT2D eigenvalue weighted by atomic mass is 32.1. The lowest BCUT2D eigenvalue weighted by molar-refractivity contribution is 0.321. The Balaban J connectivity index is 1.20. The fourth-order valence-corrected chi connectivity index (χ4v) is 6.03. The lowest BCUT2D eigenvalue weighted by Gasteiger charge is -2.29. The van der Waals surface area contributed by atoms with Crippen molar-refractivity contribution in [1.82, 2.24) is 9.38 Å². The number of hydrogen-bond donors (Lipinski definition) is 0. The van der Waals surface area contributed by atoms with Gasteiger partial charge in [-0.3, -0.25) is 0 Å². The molecule has 3 aromatic heterocycles. The predicted molar refractivity (Wildman–Crippen MR) is 117 cm³/mol. The fraction of sp³-hybridized carbons (Fsp3) is 0.400. The van der Waals surface area contributed by atoms with E-state index in [0.717, 1.165) is 17.8 Å². The van der Waals surface area contributed by atoms with Gasteiger partial charge in [-0.15, -0.1) is 11.3 Å². The summed E-state index contributed by atoms with van der Waals surface area (Å²) in [5.41, 5.74) is 5.94. The van der Waals surface area contributed by atoms with Crippen LogP contribution in [0.2, 0.25) is 0 Å². The van der Waals surface area contributed by atoms with E-state index in [1.807, 2.05) is 23.9 Å². The Bertz CT molecular complexity index is 1130. The van der Waals surface area contributed by atoms with Crippen LogP contribution in [0.4, 0.5) is 0 Å². The van der Waals surface area contributed by atoms with E-state index in [9.17, 15) is 0 Å². The van der Waals surface area contributed by atoms with E-state index in [4.69, 9.17) is 0 Å². The van der Waals surface area contributed by atoms with Crippen LogP contribution >= 0.6 is 11.3 Å². The summed E-state index contributed by atoms with van der Waals surface area (Å²) in [6.07, 6.45) is 13.3. The highest BCUT2D eigenvalue weighted by molar-refractivity contribution is 7.17. The molecule has 0 atom stereocenters. The first kappa shape index (κ1) is 16.8. The quantitative estimate of drug-likeness (QED) is 0.371. The fourth-order valence-electron chi connectivity index (χ4n) is 5.26. The Morgan fingerprint density at radius 1 is 0.929 bits per heavy atom. The van der Waals surface area contributed by atoms with Crippen LogP contribution in [0.5, 0.6) is 0 Å². The molecular weight excluding hydrogens is 360 g/mol. The zero-order chi connectivity index (χ0) is 18.5. The van der Waals surface area contributed by atoms with E-state index < -0.39 is 0 Å². The van der Waals surface area contributed by atoms with Gasteiger partial charge in [-0.05, 0) is 103 Å². The molecule has 3 heterocycles. The standard InChI is InChI=1S/C25H26N2S/c1-3-18(20-7-10-25-21(14-20)11-12-28-25)4-2-17(1)13-24-23(19-5-6-19)9-8-22-15-26-16-27(22)24/h7-12,14-19H,1-6,13H2. The molecule has 2 saturated carbocycles. The Hall–Kier alpha value is -2.13. The highest BCUT2D eigenvalue weighted by Gasteiger charge is 2.29. The van der Waals surface area contributed by atoms with Gasteiger partial charge in [0.15, 0.2) is 0 Å². The van der Waals surface area contributed by atoms with Crippen molar-refractivity contribution in [3.05, 3.63) is 71.1 Å². The molecule has 0 unspecified atom stereocenters. The largest absolute Gasteiger partial charge is 0.303 e. The molecule has 2 fully saturated rings. The van der Waals surface area contributed by atoms with Gasteiger partial charge in [0.1, 0.15) is 0 Å². The summed E-state index contributed by atoms with van der Waals surface area (Å²) in [6.45, 7) is 0. The number of thiophene rings is 1. The second-order valence-electron chi connectivity index (χ2n) is 8.84. The monoisotopic (exact) mass is 386 g/mol. The van der Waals surface area contributed by atoms with Crippen LogP contribution in [0.1, 0.15) is 67.2 Å². The highest BCUT2D eigenvalue weighted by Crippen LogP contribution is 2.44. The van der Waals surface area contributed by atoms with Gasteiger partial charge in [-0.1, -0.05) is 18.2 Å². The molecule has 3 heteroatoms. The van der Waals surface area contributed by atoms with Crippen LogP contribution in [0.3, 0.4) is 0 Å². The van der Waals surface area contributed by atoms with Crippen molar-refractivity contribution in [2.24, 2.45) is 5.92 Å². The first-order chi connectivity index (χ1) is 13.8. The van der Waals surface area contributed by atoms with Crippen molar-refractivity contribution in [2.75, 3.05) is 0 Å². The molecule has 0 saturated heterocycles. The molecule has 4 aromatic rings. The molecule has 0 amide bonds. The molecule has 0 aliphatic heterocycles. The van der Waals surface area contributed by atoms with Gasteiger partial charge in [-0.25, -0.2) is 4.98 Å². The van der Waals surface area contributed by atoms with E-state index in [2.05, 4.69) is 51.2 Å². The van der Waals surface area contributed by atoms with Crippen LogP contribution in [0, 0.1) is 5.92 Å². The molecule has 142 valence electrons. The Morgan fingerprint density at radius 3 is 2.64 bits per heavy atom. The first-order valence-electron chi connectivity index (χ1n) is 10.8. The average Bonchev–Trinajstić information content (AvgIpc) is 3.26. The van der Waals surface area contributed by atoms with Crippen LogP contribution < -0.4 is 0 Å². The van der Waals surface area contributed by atoms with Crippen molar-refractivity contribution in [3.63, 3.8) is 0 Å². The zero-order valence-electron chi connectivity index (χ0n) is 16.2. The summed E-state index contributed by atoms with van der Waals surface area (Å²) in [6, 6.07) is 14.0. The van der Waals surface area contributed by atoms with Gasteiger partial charge in [-0.2, -0.15) is 0 Å². The van der Waals surface area contributed by atoms with Crippen molar-refractivity contribution in [1.29, 1.82) is 0 Å². The molecule has 0 bridgehead atoms. The molecule has 0 spiro atoms. The van der Waals surface area contributed by atoms with E-state index >= 15 is 0 Å². The van der Waals surface area contributed by atoms with Crippen molar-refractivity contribution in [2.45, 2.75) is 56.8 Å². The second kappa shape index (κ2) is 6.73. The third-order valence-corrected chi connectivity index (χ3v) is 7.92. The third kappa shape index (κ3) is 2.97. The van der Waals surface area contributed by atoms with E-state index in [1.54, 1.807) is 16.8 Å². The Morgan fingerprint density at radius 2 is 1.79 bits per heavy atom. The number of benzene rings is 1. The smallest absolute Gasteiger partial charge is 0.0994 e. The maximum atomic E-state index is 4.41. The van der Waals surface area contributed by atoms with Crippen molar-refractivity contribution >= 4 is 26.9 Å². The maximum Gasteiger partial charge on any atom is 0.0994 e. The van der Waals surface area contributed by atoms with Crippen LogP contribution in [0.25, 0.3) is 15.6 Å². The molecule has 0 radical (unpaired) electrons. The number of rotatable bonds is 4. The van der Waals surface area contributed by atoms with Gasteiger partial charge < -0.3 is 4.40 Å². The van der Waals surface area contributed by atoms with Gasteiger partial charge in [0.25, 0.3) is 0 Å². The summed E-state index contributed by atoms with van der Waals surface area (Å²) in [5, 5.41) is 3.63. The number of imidazole rings is 1. The van der Waals surface area contributed by atoms with Crippen LogP contribution in [-0.4, -0.2) is 9.38 Å². The van der Waals surface area contributed by atoms with E-state index in [0.29, 0.717) is 0 Å². The molecule has 0 N–H and O–H groups in total. The Kier molecular flexibility index (Phi) is 4.04. The summed E-state index contributed by atoms with van der Waals surface area (Å²) < 4.78 is 3.78. The normalized spacial score (nSPS) is 22.9. The van der Waals surface area contributed by atoms with E-state index in [-0.39, 0.29) is 0 Å². The van der Waals surface area contributed by atoms with Gasteiger partial charge >= 0.3 is 0 Å². The SMILES string of the molecule is c1cc2cc(C3CCC(Cc4c(C5CC5)ccc5cncn45)CC3)ccc2s1. The lowest BCUT2D eigenvalue weighted by atomic mass is 9.76. The van der Waals surface area contributed by atoms with Crippen LogP contribution in [0.15, 0.2) is 54.3 Å². The third-order valence-electron chi connectivity index (χ3n) is 7.02. The Labute approximate surface area is 170 Å². The molecular formula is C25H26N2S. The summed E-state index contributed by atoms with van der Waals surface area (Å²) in [5.74, 6) is 2.36. The minimum Gasteiger partial charge on any atom is -0.303 e. The molecule has 28 heavy (non-hydrogen) atoms. The second-order valence-corrected chi connectivity index (χ2v) is 9.79. The lowest BCUT2D eigenvalue weighted by Crippen LogP contribution is -2.17. The summed E-state index contributed by atoms with van der Waals surface area (Å²) in [7, 11) is 0. The number of pyridine rings is 1. The number of nitrogens with zero attached hydrogens (tertiary/aromatic N) is 2. The average molecular weight is 387 g/mol. The number of hydrogen-bond acceptors (Lipinski definition) is 2. The summed E-state index contributed by atoms with van der Waals surface area (Å²) >= 11 is 1.85. The first-order valence-corrected chi connectivity index (χ1v) is 11.6. The van der Waals surface area contributed by atoms with Gasteiger partial charge in [0.05, 0.1) is 18.0 Å².